The van der Waals surface area contributed by atoms with Crippen molar-refractivity contribution in [3.63, 3.8) is 0 Å². The molecule has 1 fully saturated rings. The Balaban J connectivity index is 1.89. The fraction of sp³-hybridized carbons (Fsp3) is 0.500. The number of rotatable bonds is 3. The maximum Gasteiger partial charge on any atom is 0.416 e. The van der Waals surface area contributed by atoms with Gasteiger partial charge in [-0.15, -0.1) is 0 Å². The number of hydrogen-bond acceptors (Lipinski definition) is 2. The zero-order valence-electron chi connectivity index (χ0n) is 9.26. The van der Waals surface area contributed by atoms with Gasteiger partial charge in [0.15, 0.2) is 0 Å². The second kappa shape index (κ2) is 4.96. The molecule has 0 spiro atoms. The number of nitrogens with one attached hydrogen (secondary N) is 1. The molecule has 5 heteroatoms. The van der Waals surface area contributed by atoms with Gasteiger partial charge < -0.3 is 10.1 Å². The minimum absolute atomic E-state index is 0.178. The summed E-state index contributed by atoms with van der Waals surface area (Å²) in [5.74, 6) is 0. The van der Waals surface area contributed by atoms with Crippen LogP contribution in [-0.2, 0) is 10.9 Å². The van der Waals surface area contributed by atoms with Crippen LogP contribution in [0.3, 0.4) is 0 Å². The van der Waals surface area contributed by atoms with Crippen LogP contribution in [-0.4, -0.2) is 19.3 Å². The third kappa shape index (κ3) is 3.36. The summed E-state index contributed by atoms with van der Waals surface area (Å²) >= 11 is 0. The quantitative estimate of drug-likeness (QED) is 0.882. The maximum absolute atomic E-state index is 12.3. The van der Waals surface area contributed by atoms with Crippen LogP contribution in [0.1, 0.15) is 18.4 Å². The second-order valence-electron chi connectivity index (χ2n) is 4.09. The van der Waals surface area contributed by atoms with Gasteiger partial charge in [0.05, 0.1) is 11.7 Å². The highest BCUT2D eigenvalue weighted by Gasteiger charge is 2.29. The molecule has 1 aliphatic heterocycles. The molecule has 1 aromatic carbocycles. The van der Waals surface area contributed by atoms with Crippen LogP contribution in [0.15, 0.2) is 24.3 Å². The molecule has 1 saturated heterocycles. The van der Waals surface area contributed by atoms with Crippen LogP contribution in [0.4, 0.5) is 18.9 Å². The molecule has 0 bridgehead atoms. The van der Waals surface area contributed by atoms with Crippen molar-refractivity contribution in [2.24, 2.45) is 0 Å². The number of halogens is 3. The van der Waals surface area contributed by atoms with E-state index < -0.39 is 11.7 Å². The molecule has 1 aliphatic rings. The molecule has 2 rings (SSSR count). The van der Waals surface area contributed by atoms with Crippen molar-refractivity contribution in [1.29, 1.82) is 0 Å². The Bertz CT molecular complexity index is 355. The predicted octanol–water partition coefficient (Wildman–Crippen LogP) is 3.30. The summed E-state index contributed by atoms with van der Waals surface area (Å²) in [6.07, 6.45) is -2.03. The number of alkyl halides is 3. The van der Waals surface area contributed by atoms with Crippen molar-refractivity contribution < 1.29 is 17.9 Å². The molecule has 1 unspecified atom stereocenters. The predicted molar refractivity (Wildman–Crippen MR) is 58.9 cm³/mol. The van der Waals surface area contributed by atoms with Gasteiger partial charge in [-0.1, -0.05) is 0 Å². The van der Waals surface area contributed by atoms with E-state index in [2.05, 4.69) is 5.32 Å². The first-order valence-electron chi connectivity index (χ1n) is 5.58. The van der Waals surface area contributed by atoms with Gasteiger partial charge in [-0.05, 0) is 37.1 Å². The van der Waals surface area contributed by atoms with Crippen molar-refractivity contribution in [3.8, 4) is 0 Å². The van der Waals surface area contributed by atoms with E-state index in [0.29, 0.717) is 12.2 Å². The zero-order valence-corrected chi connectivity index (χ0v) is 9.26. The summed E-state index contributed by atoms with van der Waals surface area (Å²) in [6.45, 7) is 1.42. The SMILES string of the molecule is FC(F)(F)c1ccc(NCC2CCCO2)cc1. The van der Waals surface area contributed by atoms with Gasteiger partial charge in [-0.25, -0.2) is 0 Å². The van der Waals surface area contributed by atoms with Crippen molar-refractivity contribution >= 4 is 5.69 Å². The van der Waals surface area contributed by atoms with Crippen LogP contribution in [0.2, 0.25) is 0 Å². The molecule has 1 N–H and O–H groups in total. The highest BCUT2D eigenvalue weighted by Crippen LogP contribution is 2.29. The lowest BCUT2D eigenvalue weighted by molar-refractivity contribution is -0.137. The summed E-state index contributed by atoms with van der Waals surface area (Å²) in [7, 11) is 0. The van der Waals surface area contributed by atoms with E-state index in [4.69, 9.17) is 4.74 Å². The standard InChI is InChI=1S/C12H14F3NO/c13-12(14,15)9-3-5-10(6-4-9)16-8-11-2-1-7-17-11/h3-6,11,16H,1-2,7-8H2. The van der Waals surface area contributed by atoms with E-state index in [0.717, 1.165) is 31.6 Å². The van der Waals surface area contributed by atoms with Gasteiger partial charge in [0.1, 0.15) is 0 Å². The summed E-state index contributed by atoms with van der Waals surface area (Å²) in [6, 6.07) is 5.05. The average molecular weight is 245 g/mol. The smallest absolute Gasteiger partial charge is 0.382 e. The Morgan fingerprint density at radius 1 is 1.24 bits per heavy atom. The first-order valence-corrected chi connectivity index (χ1v) is 5.58. The van der Waals surface area contributed by atoms with E-state index in [9.17, 15) is 13.2 Å². The lowest BCUT2D eigenvalue weighted by Crippen LogP contribution is -2.18. The molecule has 0 saturated carbocycles. The van der Waals surface area contributed by atoms with Crippen molar-refractivity contribution in [2.75, 3.05) is 18.5 Å². The Morgan fingerprint density at radius 2 is 1.94 bits per heavy atom. The first kappa shape index (κ1) is 12.2. The first-order chi connectivity index (χ1) is 8.05. The van der Waals surface area contributed by atoms with E-state index in [-0.39, 0.29) is 6.10 Å². The van der Waals surface area contributed by atoms with Gasteiger partial charge >= 0.3 is 6.18 Å². The van der Waals surface area contributed by atoms with Crippen molar-refractivity contribution in [2.45, 2.75) is 25.1 Å². The van der Waals surface area contributed by atoms with Crippen LogP contribution >= 0.6 is 0 Å². The number of anilines is 1. The average Bonchev–Trinajstić information content (AvgIpc) is 2.78. The van der Waals surface area contributed by atoms with Crippen LogP contribution in [0.25, 0.3) is 0 Å². The van der Waals surface area contributed by atoms with Gasteiger partial charge in [0, 0.05) is 18.8 Å². The lowest BCUT2D eigenvalue weighted by atomic mass is 10.2. The number of ether oxygens (including phenoxy) is 1. The van der Waals surface area contributed by atoms with Gasteiger partial charge in [-0.3, -0.25) is 0 Å². The highest BCUT2D eigenvalue weighted by atomic mass is 19.4. The van der Waals surface area contributed by atoms with Crippen molar-refractivity contribution in [1.82, 2.24) is 0 Å². The van der Waals surface area contributed by atoms with Gasteiger partial charge in [0.2, 0.25) is 0 Å². The number of benzene rings is 1. The second-order valence-corrected chi connectivity index (χ2v) is 4.09. The summed E-state index contributed by atoms with van der Waals surface area (Å²) in [5, 5.41) is 3.07. The third-order valence-corrected chi connectivity index (χ3v) is 2.77. The Morgan fingerprint density at radius 3 is 2.47 bits per heavy atom. The Labute approximate surface area is 97.8 Å². The van der Waals surface area contributed by atoms with Gasteiger partial charge in [-0.2, -0.15) is 13.2 Å². The molecule has 1 heterocycles. The van der Waals surface area contributed by atoms with E-state index in [1.54, 1.807) is 0 Å². The summed E-state index contributed by atoms with van der Waals surface area (Å²) < 4.78 is 42.3. The fourth-order valence-corrected chi connectivity index (χ4v) is 1.81. The van der Waals surface area contributed by atoms with Crippen molar-refractivity contribution in [3.05, 3.63) is 29.8 Å². The highest BCUT2D eigenvalue weighted by molar-refractivity contribution is 5.45. The number of hydrogen-bond donors (Lipinski definition) is 1. The third-order valence-electron chi connectivity index (χ3n) is 2.77. The summed E-state index contributed by atoms with van der Waals surface area (Å²) in [5.41, 5.74) is 0.0636. The van der Waals surface area contributed by atoms with E-state index in [1.165, 1.54) is 12.1 Å². The van der Waals surface area contributed by atoms with E-state index in [1.807, 2.05) is 0 Å². The molecule has 0 radical (unpaired) electrons. The molecular weight excluding hydrogens is 231 g/mol. The molecule has 0 aromatic heterocycles. The maximum atomic E-state index is 12.3. The Hall–Kier alpha value is -1.23. The molecule has 94 valence electrons. The molecule has 0 aliphatic carbocycles. The Kier molecular flexibility index (Phi) is 3.57. The van der Waals surface area contributed by atoms with Crippen LogP contribution in [0.5, 0.6) is 0 Å². The fourth-order valence-electron chi connectivity index (χ4n) is 1.81. The molecular formula is C12H14F3NO. The molecule has 1 atom stereocenters. The van der Waals surface area contributed by atoms with Crippen LogP contribution in [0, 0.1) is 0 Å². The lowest BCUT2D eigenvalue weighted by Gasteiger charge is -2.12. The van der Waals surface area contributed by atoms with Gasteiger partial charge in [0.25, 0.3) is 0 Å². The normalized spacial score (nSPS) is 20.5. The van der Waals surface area contributed by atoms with Crippen LogP contribution < -0.4 is 5.32 Å². The summed E-state index contributed by atoms with van der Waals surface area (Å²) in [4.78, 5) is 0. The minimum atomic E-state index is -4.27. The molecule has 1 aromatic rings. The largest absolute Gasteiger partial charge is 0.416 e. The monoisotopic (exact) mass is 245 g/mol. The topological polar surface area (TPSA) is 21.3 Å². The molecule has 0 amide bonds. The zero-order chi connectivity index (χ0) is 12.3. The molecule has 2 nitrogen and oxygen atoms in total. The molecule has 17 heavy (non-hydrogen) atoms. The van der Waals surface area contributed by atoms with E-state index >= 15 is 0 Å². The minimum Gasteiger partial charge on any atom is -0.382 e.